The molecule has 0 aromatic carbocycles. The Kier molecular flexibility index (Phi) is 2.27. The fourth-order valence-electron chi connectivity index (χ4n) is 0.959. The molecule has 70 valence electrons. The van der Waals surface area contributed by atoms with E-state index in [0.29, 0.717) is 6.92 Å². The summed E-state index contributed by atoms with van der Waals surface area (Å²) in [7, 11) is 0. The number of nitrogens with two attached hydrogens (primary N) is 1. The molecular weight excluding hydrogens is 178 g/mol. The Bertz CT molecular complexity index is 333. The van der Waals surface area contributed by atoms with Gasteiger partial charge in [-0.3, -0.25) is 9.78 Å². The van der Waals surface area contributed by atoms with Gasteiger partial charge >= 0.3 is 0 Å². The zero-order valence-electron chi connectivity index (χ0n) is 6.92. The van der Waals surface area contributed by atoms with Gasteiger partial charge in [-0.25, -0.2) is 8.78 Å². The van der Waals surface area contributed by atoms with Crippen molar-refractivity contribution in [3.8, 4) is 0 Å². The highest BCUT2D eigenvalue weighted by molar-refractivity contribution is 5.94. The van der Waals surface area contributed by atoms with Crippen LogP contribution in [0.15, 0.2) is 18.5 Å². The summed E-state index contributed by atoms with van der Waals surface area (Å²) in [5.41, 5.74) is 4.28. The van der Waals surface area contributed by atoms with Crippen LogP contribution in [0.4, 0.5) is 8.78 Å². The molecule has 0 aliphatic carbocycles. The summed E-state index contributed by atoms with van der Waals surface area (Å²) in [6.07, 6.45) is 2.19. The molecule has 0 unspecified atom stereocenters. The van der Waals surface area contributed by atoms with Crippen molar-refractivity contribution in [3.05, 3.63) is 29.6 Å². The highest BCUT2D eigenvalue weighted by Gasteiger charge is 2.29. The molecule has 13 heavy (non-hydrogen) atoms. The summed E-state index contributed by atoms with van der Waals surface area (Å²) in [5, 5.41) is 0. The molecule has 0 aliphatic heterocycles. The second kappa shape index (κ2) is 3.08. The number of rotatable bonds is 2. The van der Waals surface area contributed by atoms with Gasteiger partial charge in [0.25, 0.3) is 5.92 Å². The molecular formula is C8H8F2N2O. The van der Waals surface area contributed by atoms with Crippen molar-refractivity contribution < 1.29 is 13.6 Å². The number of carbonyl (C=O) groups excluding carboxylic acids is 1. The monoisotopic (exact) mass is 186 g/mol. The van der Waals surface area contributed by atoms with Crippen molar-refractivity contribution in [1.82, 2.24) is 4.98 Å². The number of hydrogen-bond donors (Lipinski definition) is 1. The number of primary amides is 1. The van der Waals surface area contributed by atoms with E-state index in [1.165, 1.54) is 12.3 Å². The Morgan fingerprint density at radius 1 is 1.62 bits per heavy atom. The molecule has 0 saturated heterocycles. The summed E-state index contributed by atoms with van der Waals surface area (Å²) < 4.78 is 25.7. The molecule has 0 radical (unpaired) electrons. The second-order valence-corrected chi connectivity index (χ2v) is 2.67. The number of halogens is 2. The number of carbonyl (C=O) groups is 1. The van der Waals surface area contributed by atoms with E-state index in [1.807, 2.05) is 0 Å². The molecule has 1 rings (SSSR count). The zero-order chi connectivity index (χ0) is 10.1. The van der Waals surface area contributed by atoms with Gasteiger partial charge in [0, 0.05) is 19.3 Å². The number of nitrogens with zero attached hydrogens (tertiary/aromatic N) is 1. The number of hydrogen-bond acceptors (Lipinski definition) is 2. The first-order valence-corrected chi connectivity index (χ1v) is 3.55. The predicted octanol–water partition coefficient (Wildman–Crippen LogP) is 1.29. The average molecular weight is 186 g/mol. The lowest BCUT2D eigenvalue weighted by molar-refractivity contribution is 0.0161. The summed E-state index contributed by atoms with van der Waals surface area (Å²) in [4.78, 5) is 14.2. The van der Waals surface area contributed by atoms with Crippen molar-refractivity contribution in [3.63, 3.8) is 0 Å². The molecule has 0 bridgehead atoms. The van der Waals surface area contributed by atoms with E-state index < -0.39 is 17.4 Å². The van der Waals surface area contributed by atoms with E-state index in [4.69, 9.17) is 5.73 Å². The Labute approximate surface area is 73.6 Å². The third-order valence-electron chi connectivity index (χ3n) is 1.56. The van der Waals surface area contributed by atoms with Crippen LogP contribution in [0.25, 0.3) is 0 Å². The van der Waals surface area contributed by atoms with Gasteiger partial charge in [0.2, 0.25) is 5.91 Å². The molecule has 1 heterocycles. The fraction of sp³-hybridized carbons (Fsp3) is 0.250. The van der Waals surface area contributed by atoms with Crippen LogP contribution in [-0.4, -0.2) is 10.9 Å². The fourth-order valence-corrected chi connectivity index (χ4v) is 0.959. The number of alkyl halides is 2. The molecule has 0 fully saturated rings. The maximum atomic E-state index is 12.8. The van der Waals surface area contributed by atoms with Gasteiger partial charge in [0.05, 0.1) is 11.1 Å². The number of pyridine rings is 1. The first-order valence-electron chi connectivity index (χ1n) is 3.55. The highest BCUT2D eigenvalue weighted by Crippen LogP contribution is 2.28. The molecule has 1 amide bonds. The minimum atomic E-state index is -3.10. The molecule has 3 nitrogen and oxygen atoms in total. The molecule has 2 N–H and O–H groups in total. The van der Waals surface area contributed by atoms with Crippen LogP contribution < -0.4 is 5.73 Å². The zero-order valence-corrected chi connectivity index (χ0v) is 6.92. The molecule has 5 heteroatoms. The van der Waals surface area contributed by atoms with Gasteiger partial charge in [-0.2, -0.15) is 0 Å². The summed E-state index contributed by atoms with van der Waals surface area (Å²) in [5.74, 6) is -3.97. The molecule has 0 saturated carbocycles. The van der Waals surface area contributed by atoms with Crippen molar-refractivity contribution in [2.75, 3.05) is 0 Å². The van der Waals surface area contributed by atoms with Crippen molar-refractivity contribution in [2.24, 2.45) is 5.73 Å². The lowest BCUT2D eigenvalue weighted by Crippen LogP contribution is -2.19. The predicted molar refractivity (Wildman–Crippen MR) is 42.3 cm³/mol. The second-order valence-electron chi connectivity index (χ2n) is 2.67. The SMILES string of the molecule is CC(F)(F)c1cnccc1C(N)=O. The first-order chi connectivity index (χ1) is 5.93. The van der Waals surface area contributed by atoms with E-state index >= 15 is 0 Å². The molecule has 1 aromatic rings. The van der Waals surface area contributed by atoms with Crippen LogP contribution in [0, 0.1) is 0 Å². The average Bonchev–Trinajstić information content (AvgIpc) is 2.03. The normalized spacial score (nSPS) is 11.3. The van der Waals surface area contributed by atoms with E-state index in [9.17, 15) is 13.6 Å². The van der Waals surface area contributed by atoms with Crippen LogP contribution >= 0.6 is 0 Å². The standard InChI is InChI=1S/C8H8F2N2O/c1-8(9,10)6-4-12-3-2-5(6)7(11)13/h2-4H,1H3,(H2,11,13). The summed E-state index contributed by atoms with van der Waals surface area (Å²) in [6, 6.07) is 1.18. The minimum absolute atomic E-state index is 0.192. The van der Waals surface area contributed by atoms with Gasteiger partial charge < -0.3 is 5.73 Å². The van der Waals surface area contributed by atoms with E-state index in [2.05, 4.69) is 4.98 Å². The number of amides is 1. The lowest BCUT2D eigenvalue weighted by atomic mass is 10.1. The van der Waals surface area contributed by atoms with Crippen LogP contribution in [0.2, 0.25) is 0 Å². The lowest BCUT2D eigenvalue weighted by Gasteiger charge is -2.12. The summed E-state index contributed by atoms with van der Waals surface area (Å²) >= 11 is 0. The Morgan fingerprint density at radius 3 is 2.62 bits per heavy atom. The third kappa shape index (κ3) is 1.99. The molecule has 1 aromatic heterocycles. The van der Waals surface area contributed by atoms with Crippen LogP contribution in [0.3, 0.4) is 0 Å². The van der Waals surface area contributed by atoms with Crippen LogP contribution in [0.5, 0.6) is 0 Å². The Morgan fingerprint density at radius 2 is 2.23 bits per heavy atom. The molecule has 0 atom stereocenters. The van der Waals surface area contributed by atoms with Crippen LogP contribution in [-0.2, 0) is 5.92 Å². The summed E-state index contributed by atoms with van der Waals surface area (Å²) in [6.45, 7) is 0.691. The van der Waals surface area contributed by atoms with E-state index in [-0.39, 0.29) is 5.56 Å². The van der Waals surface area contributed by atoms with E-state index in [1.54, 1.807) is 0 Å². The molecule has 0 aliphatic rings. The maximum absolute atomic E-state index is 12.8. The van der Waals surface area contributed by atoms with Gasteiger partial charge in [-0.15, -0.1) is 0 Å². The topological polar surface area (TPSA) is 56.0 Å². The van der Waals surface area contributed by atoms with Crippen LogP contribution in [0.1, 0.15) is 22.8 Å². The van der Waals surface area contributed by atoms with Gasteiger partial charge in [0.1, 0.15) is 0 Å². The van der Waals surface area contributed by atoms with E-state index in [0.717, 1.165) is 6.20 Å². The third-order valence-corrected chi connectivity index (χ3v) is 1.56. The number of aromatic nitrogens is 1. The van der Waals surface area contributed by atoms with Gasteiger partial charge in [0.15, 0.2) is 0 Å². The van der Waals surface area contributed by atoms with Gasteiger partial charge in [-0.05, 0) is 6.07 Å². The Balaban J connectivity index is 3.28. The van der Waals surface area contributed by atoms with Crippen molar-refractivity contribution in [1.29, 1.82) is 0 Å². The van der Waals surface area contributed by atoms with Gasteiger partial charge in [-0.1, -0.05) is 0 Å². The maximum Gasteiger partial charge on any atom is 0.272 e. The van der Waals surface area contributed by atoms with Crippen molar-refractivity contribution in [2.45, 2.75) is 12.8 Å². The molecule has 0 spiro atoms. The first kappa shape index (κ1) is 9.57. The largest absolute Gasteiger partial charge is 0.366 e. The quantitative estimate of drug-likeness (QED) is 0.756. The van der Waals surface area contributed by atoms with Crippen molar-refractivity contribution >= 4 is 5.91 Å². The Hall–Kier alpha value is -1.52. The smallest absolute Gasteiger partial charge is 0.272 e. The highest BCUT2D eigenvalue weighted by atomic mass is 19.3. The minimum Gasteiger partial charge on any atom is -0.366 e.